The van der Waals surface area contributed by atoms with E-state index in [0.29, 0.717) is 5.69 Å². The van der Waals surface area contributed by atoms with Gasteiger partial charge >= 0.3 is 0 Å². The summed E-state index contributed by atoms with van der Waals surface area (Å²) in [5.74, 6) is 0.655. The first-order chi connectivity index (χ1) is 9.83. The lowest BCUT2D eigenvalue weighted by Gasteiger charge is -2.32. The summed E-state index contributed by atoms with van der Waals surface area (Å²) in [5, 5.41) is 6.99. The lowest BCUT2D eigenvalue weighted by atomic mass is 9.80. The molecular formula is C17H30N2O2. The molecule has 1 unspecified atom stereocenters. The van der Waals surface area contributed by atoms with E-state index in [1.165, 1.54) is 19.3 Å². The maximum Gasteiger partial charge on any atom is 0.273 e. The summed E-state index contributed by atoms with van der Waals surface area (Å²) in [5.41, 5.74) is 1.35. The molecule has 1 amide bonds. The van der Waals surface area contributed by atoms with Gasteiger partial charge in [-0.2, -0.15) is 0 Å². The lowest BCUT2D eigenvalue weighted by molar-refractivity contribution is 0.0887. The fourth-order valence-electron chi connectivity index (χ4n) is 2.42. The van der Waals surface area contributed by atoms with E-state index < -0.39 is 0 Å². The molecular weight excluding hydrogens is 264 g/mol. The van der Waals surface area contributed by atoms with Crippen molar-refractivity contribution in [3.8, 4) is 0 Å². The minimum absolute atomic E-state index is 0.0794. The number of hydrogen-bond donors (Lipinski definition) is 1. The van der Waals surface area contributed by atoms with Crippen LogP contribution in [0, 0.1) is 12.3 Å². The second-order valence-corrected chi connectivity index (χ2v) is 6.57. The monoisotopic (exact) mass is 294 g/mol. The summed E-state index contributed by atoms with van der Waals surface area (Å²) in [6, 6.07) is 0.100. The van der Waals surface area contributed by atoms with E-state index in [9.17, 15) is 4.79 Å². The Morgan fingerprint density at radius 1 is 1.33 bits per heavy atom. The van der Waals surface area contributed by atoms with Crippen molar-refractivity contribution in [1.82, 2.24) is 10.5 Å². The number of rotatable bonds is 8. The molecule has 21 heavy (non-hydrogen) atoms. The van der Waals surface area contributed by atoms with E-state index in [0.717, 1.165) is 24.2 Å². The molecule has 4 heteroatoms. The molecule has 0 aromatic carbocycles. The van der Waals surface area contributed by atoms with Gasteiger partial charge in [-0.25, -0.2) is 0 Å². The second-order valence-electron chi connectivity index (χ2n) is 6.57. The maximum atomic E-state index is 12.3. The summed E-state index contributed by atoms with van der Waals surface area (Å²) in [7, 11) is 0. The highest BCUT2D eigenvalue weighted by Gasteiger charge is 2.28. The van der Waals surface area contributed by atoms with Gasteiger partial charge in [0, 0.05) is 18.0 Å². The van der Waals surface area contributed by atoms with Gasteiger partial charge in [0.1, 0.15) is 5.76 Å². The number of nitrogens with one attached hydrogen (secondary N) is 1. The normalized spacial score (nSPS) is 13.2. The number of nitrogens with zero attached hydrogens (tertiary/aromatic N) is 1. The topological polar surface area (TPSA) is 55.1 Å². The zero-order chi connectivity index (χ0) is 16.0. The van der Waals surface area contributed by atoms with Gasteiger partial charge in [-0.1, -0.05) is 52.1 Å². The Hall–Kier alpha value is -1.32. The molecule has 0 bridgehead atoms. The largest absolute Gasteiger partial charge is 0.360 e. The van der Waals surface area contributed by atoms with Gasteiger partial charge in [-0.3, -0.25) is 4.79 Å². The smallest absolute Gasteiger partial charge is 0.273 e. The van der Waals surface area contributed by atoms with Gasteiger partial charge in [0.05, 0.1) is 0 Å². The third kappa shape index (κ3) is 4.58. The molecule has 1 aromatic heterocycles. The first kappa shape index (κ1) is 17.7. The molecule has 0 fully saturated rings. The third-order valence-corrected chi connectivity index (χ3v) is 4.50. The number of carbonyl (C=O) groups excluding carboxylic acids is 1. The highest BCUT2D eigenvalue weighted by molar-refractivity contribution is 5.93. The van der Waals surface area contributed by atoms with Crippen molar-refractivity contribution in [3.63, 3.8) is 0 Å². The molecule has 0 aliphatic carbocycles. The Morgan fingerprint density at radius 2 is 2.00 bits per heavy atom. The number of amides is 1. The van der Waals surface area contributed by atoms with Crippen molar-refractivity contribution in [2.75, 3.05) is 0 Å². The van der Waals surface area contributed by atoms with Crippen molar-refractivity contribution < 1.29 is 9.32 Å². The fraction of sp³-hybridized carbons (Fsp3) is 0.765. The Morgan fingerprint density at radius 3 is 2.52 bits per heavy atom. The first-order valence-electron chi connectivity index (χ1n) is 8.09. The molecule has 1 atom stereocenters. The highest BCUT2D eigenvalue weighted by Crippen LogP contribution is 2.28. The van der Waals surface area contributed by atoms with Crippen molar-refractivity contribution >= 4 is 5.91 Å². The van der Waals surface area contributed by atoms with Crippen molar-refractivity contribution in [2.24, 2.45) is 5.41 Å². The van der Waals surface area contributed by atoms with Crippen LogP contribution in [0.25, 0.3) is 0 Å². The van der Waals surface area contributed by atoms with Crippen molar-refractivity contribution in [1.29, 1.82) is 0 Å². The Bertz CT molecular complexity index is 463. The van der Waals surface area contributed by atoms with Gasteiger partial charge in [0.15, 0.2) is 5.69 Å². The minimum Gasteiger partial charge on any atom is -0.360 e. The molecule has 0 spiro atoms. The van der Waals surface area contributed by atoms with E-state index in [-0.39, 0.29) is 17.4 Å². The van der Waals surface area contributed by atoms with Crippen LogP contribution in [0.15, 0.2) is 4.52 Å². The summed E-state index contributed by atoms with van der Waals surface area (Å²) in [6.45, 7) is 12.6. The first-order valence-corrected chi connectivity index (χ1v) is 8.09. The number of aromatic nitrogens is 1. The van der Waals surface area contributed by atoms with Crippen LogP contribution in [0.3, 0.4) is 0 Å². The van der Waals surface area contributed by atoms with E-state index in [1.807, 2.05) is 13.8 Å². The van der Waals surface area contributed by atoms with Gasteiger partial charge in [-0.05, 0) is 25.7 Å². The molecule has 0 saturated heterocycles. The van der Waals surface area contributed by atoms with Crippen LogP contribution in [0.4, 0.5) is 0 Å². The van der Waals surface area contributed by atoms with E-state index in [4.69, 9.17) is 4.52 Å². The fourth-order valence-corrected chi connectivity index (χ4v) is 2.42. The van der Waals surface area contributed by atoms with Crippen LogP contribution < -0.4 is 5.32 Å². The molecule has 1 N–H and O–H groups in total. The predicted molar refractivity (Wildman–Crippen MR) is 85.5 cm³/mol. The van der Waals surface area contributed by atoms with Gasteiger partial charge in [-0.15, -0.1) is 0 Å². The number of aryl methyl sites for hydroxylation is 1. The number of unbranched alkanes of at least 4 members (excludes halogenated alkanes) is 2. The molecule has 1 rings (SSSR count). The quantitative estimate of drug-likeness (QED) is 0.728. The molecule has 1 aromatic rings. The van der Waals surface area contributed by atoms with E-state index in [2.05, 4.69) is 38.2 Å². The number of carbonyl (C=O) groups is 1. The Kier molecular flexibility index (Phi) is 6.43. The average Bonchev–Trinajstić information content (AvgIpc) is 2.79. The van der Waals surface area contributed by atoms with E-state index in [1.54, 1.807) is 0 Å². The number of hydrogen-bond acceptors (Lipinski definition) is 3. The third-order valence-electron chi connectivity index (χ3n) is 4.50. The molecule has 1 heterocycles. The van der Waals surface area contributed by atoms with Crippen molar-refractivity contribution in [3.05, 3.63) is 17.0 Å². The Balaban J connectivity index is 2.66. The zero-order valence-electron chi connectivity index (χ0n) is 14.4. The van der Waals surface area contributed by atoms with Crippen LogP contribution in [-0.4, -0.2) is 17.1 Å². The van der Waals surface area contributed by atoms with Gasteiger partial charge in [0.2, 0.25) is 0 Å². The van der Waals surface area contributed by atoms with Gasteiger partial charge in [0.25, 0.3) is 5.91 Å². The van der Waals surface area contributed by atoms with Crippen LogP contribution in [0.1, 0.15) is 82.1 Å². The molecule has 0 radical (unpaired) electrons. The van der Waals surface area contributed by atoms with Crippen LogP contribution in [-0.2, 0) is 6.42 Å². The van der Waals surface area contributed by atoms with Crippen molar-refractivity contribution in [2.45, 2.75) is 79.7 Å². The summed E-state index contributed by atoms with van der Waals surface area (Å²) in [6.07, 6.45) is 5.53. The van der Waals surface area contributed by atoms with E-state index >= 15 is 0 Å². The molecule has 0 aliphatic heterocycles. The van der Waals surface area contributed by atoms with Crippen LogP contribution in [0.2, 0.25) is 0 Å². The summed E-state index contributed by atoms with van der Waals surface area (Å²) in [4.78, 5) is 12.3. The minimum atomic E-state index is -0.132. The molecule has 4 nitrogen and oxygen atoms in total. The molecule has 0 aliphatic rings. The van der Waals surface area contributed by atoms with Gasteiger partial charge < -0.3 is 9.84 Å². The maximum absolute atomic E-state index is 12.3. The summed E-state index contributed by atoms with van der Waals surface area (Å²) < 4.78 is 5.20. The predicted octanol–water partition coefficient (Wildman–Crippen LogP) is 4.27. The standard InChI is InChI=1S/C17H30N2O2/c1-7-9-10-11-17(5,6)13(4)18-16(20)15-12(3)14(8-2)21-19-15/h13H,7-11H2,1-6H3,(H,18,20). The molecule has 120 valence electrons. The lowest BCUT2D eigenvalue weighted by Crippen LogP contribution is -2.43. The average molecular weight is 294 g/mol. The summed E-state index contributed by atoms with van der Waals surface area (Å²) >= 11 is 0. The highest BCUT2D eigenvalue weighted by atomic mass is 16.5. The van der Waals surface area contributed by atoms with Crippen LogP contribution in [0.5, 0.6) is 0 Å². The van der Waals surface area contributed by atoms with Crippen LogP contribution >= 0.6 is 0 Å². The zero-order valence-corrected chi connectivity index (χ0v) is 14.4. The SMILES string of the molecule is CCCCCC(C)(C)C(C)NC(=O)c1noc(CC)c1C. The second kappa shape index (κ2) is 7.62. The molecule has 0 saturated carbocycles. The Labute approximate surface area is 128 Å².